The van der Waals surface area contributed by atoms with Crippen LogP contribution in [0.25, 0.3) is 0 Å². The van der Waals surface area contributed by atoms with Gasteiger partial charge in [0.1, 0.15) is 6.10 Å². The first-order valence-corrected chi connectivity index (χ1v) is 6.44. The van der Waals surface area contributed by atoms with E-state index < -0.39 is 0 Å². The van der Waals surface area contributed by atoms with Crippen LogP contribution in [-0.2, 0) is 9.53 Å². The Hall–Kier alpha value is 0.160. The molecule has 3 aliphatic carbocycles. The second-order valence-electron chi connectivity index (χ2n) is 4.62. The monoisotopic (exact) mass is 308 g/mol. The largest absolute Gasteiger partial charge is 0.461 e. The Morgan fingerprint density at radius 3 is 2.79 bits per heavy atom. The van der Waals surface area contributed by atoms with Crippen molar-refractivity contribution in [1.29, 1.82) is 0 Å². The molecule has 78 valence electrons. The van der Waals surface area contributed by atoms with Gasteiger partial charge < -0.3 is 9.84 Å². The Kier molecular flexibility index (Phi) is 2.06. The molecule has 0 radical (unpaired) electrons. The van der Waals surface area contributed by atoms with Crippen molar-refractivity contribution in [3.63, 3.8) is 0 Å². The van der Waals surface area contributed by atoms with Gasteiger partial charge in [-0.05, 0) is 18.8 Å². The first-order valence-electron chi connectivity index (χ1n) is 5.19. The predicted octanol–water partition coefficient (Wildman–Crippen LogP) is 0.980. The molecule has 6 atom stereocenters. The minimum absolute atomic E-state index is 0.00866. The van der Waals surface area contributed by atoms with E-state index in [4.69, 9.17) is 4.74 Å². The van der Waals surface area contributed by atoms with E-state index in [9.17, 15) is 9.90 Å². The highest BCUT2D eigenvalue weighted by Gasteiger charge is 2.61. The molecule has 2 heterocycles. The van der Waals surface area contributed by atoms with E-state index in [0.29, 0.717) is 15.8 Å². The highest BCUT2D eigenvalue weighted by Crippen LogP contribution is 2.56. The van der Waals surface area contributed by atoms with Gasteiger partial charge >= 0.3 is 5.97 Å². The minimum Gasteiger partial charge on any atom is -0.461 e. The molecule has 2 aliphatic heterocycles. The van der Waals surface area contributed by atoms with Gasteiger partial charge in [-0.3, -0.25) is 4.79 Å². The normalized spacial score (nSPS) is 54.9. The molecule has 4 heteroatoms. The Labute approximate surface area is 96.3 Å². The highest BCUT2D eigenvalue weighted by atomic mass is 127. The van der Waals surface area contributed by atoms with Crippen LogP contribution in [0, 0.1) is 23.7 Å². The zero-order chi connectivity index (χ0) is 9.87. The number of halogens is 1. The molecular weight excluding hydrogens is 295 g/mol. The molecule has 5 rings (SSSR count). The van der Waals surface area contributed by atoms with Crippen molar-refractivity contribution in [3.05, 3.63) is 0 Å². The molecule has 0 spiro atoms. The zero-order valence-corrected chi connectivity index (χ0v) is 9.88. The summed E-state index contributed by atoms with van der Waals surface area (Å²) in [6.07, 6.45) is 2.36. The molecule has 1 N–H and O–H groups in total. The number of hydrogen-bond acceptors (Lipinski definition) is 3. The maximum Gasteiger partial charge on any atom is 0.309 e. The third-order valence-electron chi connectivity index (χ3n) is 4.19. The van der Waals surface area contributed by atoms with E-state index in [0.717, 1.165) is 12.8 Å². The fourth-order valence-electron chi connectivity index (χ4n) is 3.57. The fraction of sp³-hybridized carbons (Fsp3) is 0.900. The quantitative estimate of drug-likeness (QED) is 0.446. The molecule has 5 fully saturated rings. The maximum absolute atomic E-state index is 11.6. The lowest BCUT2D eigenvalue weighted by atomic mass is 9.56. The molecule has 2 saturated heterocycles. The number of fused-ring (bicyclic) bond motifs is 2. The molecular formula is C10H13IO3. The van der Waals surface area contributed by atoms with E-state index in [1.54, 1.807) is 0 Å². The van der Waals surface area contributed by atoms with Gasteiger partial charge in [0.15, 0.2) is 0 Å². The summed E-state index contributed by atoms with van der Waals surface area (Å²) in [4.78, 5) is 11.6. The van der Waals surface area contributed by atoms with Crippen LogP contribution in [0.4, 0.5) is 0 Å². The van der Waals surface area contributed by atoms with Gasteiger partial charge in [-0.25, -0.2) is 0 Å². The Morgan fingerprint density at radius 1 is 1.43 bits per heavy atom. The standard InChI is InChI=1S/C10H13IO3/c11-8-5-2-1-4-6(3-12)7(5)10(13)14-9(4)8/h4-9,12H,1-3H2/t4-,5+,6-,7+,8+,9+/m0/s1. The number of ether oxygens (including phenoxy) is 1. The summed E-state index contributed by atoms with van der Waals surface area (Å²) < 4.78 is 5.89. The first-order chi connectivity index (χ1) is 6.74. The number of carbonyl (C=O) groups excluding carboxylic acids is 1. The molecule has 5 aliphatic rings. The lowest BCUT2D eigenvalue weighted by molar-refractivity contribution is -0.205. The van der Waals surface area contributed by atoms with Crippen LogP contribution < -0.4 is 0 Å². The van der Waals surface area contributed by atoms with Crippen LogP contribution in [0.15, 0.2) is 0 Å². The van der Waals surface area contributed by atoms with E-state index >= 15 is 0 Å². The van der Waals surface area contributed by atoms with E-state index in [-0.39, 0.29) is 30.5 Å². The van der Waals surface area contributed by atoms with Gasteiger partial charge in [0, 0.05) is 18.4 Å². The third-order valence-corrected chi connectivity index (χ3v) is 5.82. The van der Waals surface area contributed by atoms with Crippen molar-refractivity contribution in [2.75, 3.05) is 6.61 Å². The summed E-state index contributed by atoms with van der Waals surface area (Å²) in [5.41, 5.74) is 0. The SMILES string of the molecule is O=C1O[C@H]2[C@H](I)[C@@H]3CC[C@H]2[C@H](CO)[C@H]13. The summed E-state index contributed by atoms with van der Waals surface area (Å²) in [6, 6.07) is 0. The van der Waals surface area contributed by atoms with Crippen LogP contribution in [0.1, 0.15) is 12.8 Å². The number of alkyl halides is 1. The summed E-state index contributed by atoms with van der Waals surface area (Å²) in [5.74, 6) is 1.01. The van der Waals surface area contributed by atoms with Gasteiger partial charge in [-0.15, -0.1) is 0 Å². The van der Waals surface area contributed by atoms with Crippen LogP contribution >= 0.6 is 22.6 Å². The molecule has 3 nitrogen and oxygen atoms in total. The molecule has 0 aromatic heterocycles. The van der Waals surface area contributed by atoms with E-state index in [2.05, 4.69) is 22.6 Å². The Balaban J connectivity index is 2.01. The van der Waals surface area contributed by atoms with Gasteiger partial charge in [0.25, 0.3) is 0 Å². The van der Waals surface area contributed by atoms with Gasteiger partial charge in [0.05, 0.1) is 9.84 Å². The Bertz CT molecular complexity index is 275. The van der Waals surface area contributed by atoms with Crippen LogP contribution in [0.5, 0.6) is 0 Å². The van der Waals surface area contributed by atoms with Crippen molar-refractivity contribution in [3.8, 4) is 0 Å². The lowest BCUT2D eigenvalue weighted by Gasteiger charge is -2.57. The third kappa shape index (κ3) is 0.988. The summed E-state index contributed by atoms with van der Waals surface area (Å²) in [7, 11) is 0. The summed E-state index contributed by atoms with van der Waals surface area (Å²) in [5, 5.41) is 9.33. The molecule has 0 aromatic rings. The topological polar surface area (TPSA) is 46.5 Å². The fourth-order valence-corrected chi connectivity index (χ4v) is 5.06. The van der Waals surface area contributed by atoms with Gasteiger partial charge in [-0.2, -0.15) is 0 Å². The maximum atomic E-state index is 11.6. The number of rotatable bonds is 1. The predicted molar refractivity (Wildman–Crippen MR) is 58.0 cm³/mol. The van der Waals surface area contributed by atoms with Crippen LogP contribution in [-0.4, -0.2) is 27.7 Å². The molecule has 3 saturated carbocycles. The van der Waals surface area contributed by atoms with E-state index in [1.807, 2.05) is 0 Å². The summed E-state index contributed by atoms with van der Waals surface area (Å²) >= 11 is 2.42. The average Bonchev–Trinajstić information content (AvgIpc) is 2.20. The number of hydrogen-bond donors (Lipinski definition) is 1. The average molecular weight is 308 g/mol. The molecule has 4 bridgehead atoms. The molecule has 0 amide bonds. The lowest BCUT2D eigenvalue weighted by Crippen LogP contribution is -2.64. The van der Waals surface area contributed by atoms with Crippen molar-refractivity contribution < 1.29 is 14.6 Å². The second-order valence-corrected chi connectivity index (χ2v) is 6.06. The van der Waals surface area contributed by atoms with E-state index in [1.165, 1.54) is 0 Å². The van der Waals surface area contributed by atoms with Crippen molar-refractivity contribution >= 4 is 28.6 Å². The van der Waals surface area contributed by atoms with Crippen molar-refractivity contribution in [2.45, 2.75) is 22.9 Å². The number of carbonyl (C=O) groups is 1. The van der Waals surface area contributed by atoms with Crippen LogP contribution in [0.2, 0.25) is 0 Å². The van der Waals surface area contributed by atoms with Crippen LogP contribution in [0.3, 0.4) is 0 Å². The molecule has 14 heavy (non-hydrogen) atoms. The number of esters is 1. The molecule has 0 unspecified atom stereocenters. The molecule has 0 aromatic carbocycles. The van der Waals surface area contributed by atoms with Gasteiger partial charge in [-0.1, -0.05) is 22.6 Å². The van der Waals surface area contributed by atoms with Gasteiger partial charge in [0.2, 0.25) is 0 Å². The highest BCUT2D eigenvalue weighted by molar-refractivity contribution is 14.1. The number of aliphatic hydroxyl groups excluding tert-OH is 1. The van der Waals surface area contributed by atoms with Crippen molar-refractivity contribution in [1.82, 2.24) is 0 Å². The van der Waals surface area contributed by atoms with Crippen molar-refractivity contribution in [2.24, 2.45) is 23.7 Å². The zero-order valence-electron chi connectivity index (χ0n) is 7.73. The minimum atomic E-state index is -0.0529. The Morgan fingerprint density at radius 2 is 2.14 bits per heavy atom. The second kappa shape index (κ2) is 3.07. The first kappa shape index (κ1) is 9.39. The number of aliphatic hydroxyl groups is 1. The summed E-state index contributed by atoms with van der Waals surface area (Å²) in [6.45, 7) is 0.154. The smallest absolute Gasteiger partial charge is 0.309 e.